The van der Waals surface area contributed by atoms with Crippen LogP contribution in [-0.2, 0) is 4.79 Å². The molecule has 180 valence electrons. The van der Waals surface area contributed by atoms with E-state index in [1.165, 1.54) is 0 Å². The van der Waals surface area contributed by atoms with Crippen molar-refractivity contribution >= 4 is 34.8 Å². The molecule has 1 fully saturated rings. The maximum Gasteiger partial charge on any atom is 0.246 e. The number of nitrogens with zero attached hydrogens (tertiary/aromatic N) is 4. The molecule has 35 heavy (non-hydrogen) atoms. The number of benzene rings is 2. The molecule has 2 heterocycles. The number of aromatic amines is 1. The zero-order valence-electron chi connectivity index (χ0n) is 20.3. The van der Waals surface area contributed by atoms with Crippen molar-refractivity contribution < 1.29 is 4.79 Å². The van der Waals surface area contributed by atoms with Crippen LogP contribution in [0.4, 0.5) is 0 Å². The molecule has 5 rings (SSSR count). The Hall–Kier alpha value is -3.45. The molecule has 1 amide bonds. The molecule has 0 radical (unpaired) electrons. The fourth-order valence-electron chi connectivity index (χ4n) is 5.20. The van der Waals surface area contributed by atoms with Gasteiger partial charge in [0.15, 0.2) is 0 Å². The Balaban J connectivity index is 1.34. The third kappa shape index (κ3) is 3.84. The van der Waals surface area contributed by atoms with Gasteiger partial charge in [0.25, 0.3) is 0 Å². The van der Waals surface area contributed by atoms with E-state index in [1.807, 2.05) is 68.4 Å². The molecule has 0 unspecified atom stereocenters. The number of H-pyrrole nitrogens is 1. The first-order chi connectivity index (χ1) is 16.7. The number of nitrogens with one attached hydrogen (secondary N) is 2. The average Bonchev–Trinajstić information content (AvgIpc) is 3.47. The number of hydrogen-bond donors (Lipinski definition) is 2. The van der Waals surface area contributed by atoms with E-state index in [0.717, 1.165) is 41.1 Å². The van der Waals surface area contributed by atoms with Gasteiger partial charge >= 0.3 is 0 Å². The lowest BCUT2D eigenvalue weighted by molar-refractivity contribution is -0.135. The predicted octanol–water partition coefficient (Wildman–Crippen LogP) is 5.77. The molecule has 1 aliphatic rings. The summed E-state index contributed by atoms with van der Waals surface area (Å²) >= 11 is 6.59. The van der Waals surface area contributed by atoms with E-state index in [9.17, 15) is 4.79 Å². The normalized spacial score (nSPS) is 21.7. The summed E-state index contributed by atoms with van der Waals surface area (Å²) in [7, 11) is 0. The Morgan fingerprint density at radius 1 is 1.17 bits per heavy atom. The SMILES string of the molecule is Cc1nn(-c2ccccc2)c(Cl)c1/C=N\NC(=O)[C@@]1(C)CC[C@H](c2nc3ccccc3[nH]2)C1(C)C. The van der Waals surface area contributed by atoms with Crippen LogP contribution in [0, 0.1) is 17.8 Å². The summed E-state index contributed by atoms with van der Waals surface area (Å²) in [5.74, 6) is 0.962. The van der Waals surface area contributed by atoms with Gasteiger partial charge in [-0.05, 0) is 49.4 Å². The van der Waals surface area contributed by atoms with Crippen LogP contribution in [0.3, 0.4) is 0 Å². The van der Waals surface area contributed by atoms with Crippen LogP contribution in [0.1, 0.15) is 56.6 Å². The topological polar surface area (TPSA) is 88.0 Å². The standard InChI is InChI=1S/C27H29ClN6O/c1-17-19(23(28)34(33-17)18-10-6-5-7-11-18)16-29-32-25(35)27(4)15-14-20(26(27,2)3)24-30-21-12-8-9-13-22(21)31-24/h5-13,16,20H,14-15H2,1-4H3,(H,30,31)(H,32,35)/b29-16-/t20-,27-/m1/s1. The highest BCUT2D eigenvalue weighted by Gasteiger charge is 2.57. The van der Waals surface area contributed by atoms with Gasteiger partial charge in [-0.25, -0.2) is 15.1 Å². The molecular formula is C27H29ClN6O. The lowest BCUT2D eigenvalue weighted by Crippen LogP contribution is -2.45. The van der Waals surface area contributed by atoms with Crippen molar-refractivity contribution in [3.8, 4) is 5.69 Å². The summed E-state index contributed by atoms with van der Waals surface area (Å²) in [6, 6.07) is 17.7. The monoisotopic (exact) mass is 488 g/mol. The Bertz CT molecular complexity index is 1390. The maximum absolute atomic E-state index is 13.4. The van der Waals surface area contributed by atoms with Crippen LogP contribution >= 0.6 is 11.6 Å². The van der Waals surface area contributed by atoms with Crippen molar-refractivity contribution in [3.63, 3.8) is 0 Å². The first-order valence-corrected chi connectivity index (χ1v) is 12.2. The second kappa shape index (κ2) is 8.64. The van der Waals surface area contributed by atoms with Gasteiger partial charge in [-0.2, -0.15) is 10.2 Å². The summed E-state index contributed by atoms with van der Waals surface area (Å²) in [6.07, 6.45) is 3.19. The molecule has 1 saturated carbocycles. The molecular weight excluding hydrogens is 460 g/mol. The molecule has 0 bridgehead atoms. The van der Waals surface area contributed by atoms with E-state index in [1.54, 1.807) is 10.9 Å². The molecule has 1 aliphatic carbocycles. The zero-order chi connectivity index (χ0) is 24.8. The third-order valence-electron chi connectivity index (χ3n) is 7.87. The number of fused-ring (bicyclic) bond motifs is 1. The van der Waals surface area contributed by atoms with E-state index in [2.05, 4.69) is 34.5 Å². The summed E-state index contributed by atoms with van der Waals surface area (Å²) in [6.45, 7) is 8.18. The zero-order valence-corrected chi connectivity index (χ0v) is 21.1. The number of halogens is 1. The Labute approximate surface area is 209 Å². The van der Waals surface area contributed by atoms with Gasteiger partial charge in [-0.15, -0.1) is 0 Å². The molecule has 8 heteroatoms. The largest absolute Gasteiger partial charge is 0.342 e. The van der Waals surface area contributed by atoms with Crippen molar-refractivity contribution in [2.75, 3.05) is 0 Å². The molecule has 2 N–H and O–H groups in total. The number of hydrazone groups is 1. The number of aromatic nitrogens is 4. The quantitative estimate of drug-likeness (QED) is 0.276. The third-order valence-corrected chi connectivity index (χ3v) is 8.24. The van der Waals surface area contributed by atoms with Crippen molar-refractivity contribution in [2.45, 2.75) is 46.5 Å². The smallest absolute Gasteiger partial charge is 0.246 e. The highest BCUT2D eigenvalue weighted by atomic mass is 35.5. The highest BCUT2D eigenvalue weighted by molar-refractivity contribution is 6.32. The fourth-order valence-corrected chi connectivity index (χ4v) is 5.52. The molecule has 2 aromatic heterocycles. The number of imidazole rings is 1. The molecule has 7 nitrogen and oxygen atoms in total. The van der Waals surface area contributed by atoms with Crippen molar-refractivity contribution in [1.82, 2.24) is 25.2 Å². The maximum atomic E-state index is 13.4. The van der Waals surface area contributed by atoms with E-state index < -0.39 is 5.41 Å². The number of amides is 1. The summed E-state index contributed by atoms with van der Waals surface area (Å²) in [5, 5.41) is 9.24. The van der Waals surface area contributed by atoms with Crippen molar-refractivity contribution in [2.24, 2.45) is 15.9 Å². The van der Waals surface area contributed by atoms with Gasteiger partial charge in [-0.3, -0.25) is 4.79 Å². The minimum Gasteiger partial charge on any atom is -0.342 e. The minimum absolute atomic E-state index is 0.110. The van der Waals surface area contributed by atoms with Crippen LogP contribution < -0.4 is 5.43 Å². The number of hydrogen-bond acceptors (Lipinski definition) is 4. The predicted molar refractivity (Wildman–Crippen MR) is 139 cm³/mol. The number of carbonyl (C=O) groups is 1. The molecule has 2 aromatic carbocycles. The number of para-hydroxylation sites is 3. The summed E-state index contributed by atoms with van der Waals surface area (Å²) in [5.41, 5.74) is 6.07. The van der Waals surface area contributed by atoms with E-state index in [0.29, 0.717) is 10.7 Å². The molecule has 2 atom stereocenters. The van der Waals surface area contributed by atoms with Gasteiger partial charge in [0.2, 0.25) is 5.91 Å². The van der Waals surface area contributed by atoms with Crippen LogP contribution in [0.5, 0.6) is 0 Å². The summed E-state index contributed by atoms with van der Waals surface area (Å²) < 4.78 is 1.67. The van der Waals surface area contributed by atoms with Crippen LogP contribution in [0.2, 0.25) is 5.15 Å². The Morgan fingerprint density at radius 3 is 2.63 bits per heavy atom. The second-order valence-corrected chi connectivity index (χ2v) is 10.4. The second-order valence-electron chi connectivity index (χ2n) is 10.0. The van der Waals surface area contributed by atoms with Crippen LogP contribution in [0.25, 0.3) is 16.7 Å². The number of rotatable bonds is 5. The van der Waals surface area contributed by atoms with Gasteiger partial charge in [0, 0.05) is 5.92 Å². The molecule has 0 aliphatic heterocycles. The van der Waals surface area contributed by atoms with Gasteiger partial charge in [-0.1, -0.05) is 62.7 Å². The number of aryl methyl sites for hydroxylation is 1. The first kappa shape index (κ1) is 23.3. The van der Waals surface area contributed by atoms with E-state index >= 15 is 0 Å². The van der Waals surface area contributed by atoms with Crippen molar-refractivity contribution in [3.05, 3.63) is 76.8 Å². The van der Waals surface area contributed by atoms with Crippen molar-refractivity contribution in [1.29, 1.82) is 0 Å². The van der Waals surface area contributed by atoms with Gasteiger partial charge in [0.05, 0.1) is 39.6 Å². The van der Waals surface area contributed by atoms with Gasteiger partial charge < -0.3 is 4.98 Å². The Kier molecular flexibility index (Phi) is 5.75. The molecule has 0 saturated heterocycles. The van der Waals surface area contributed by atoms with Crippen LogP contribution in [0.15, 0.2) is 59.7 Å². The number of carbonyl (C=O) groups excluding carboxylic acids is 1. The van der Waals surface area contributed by atoms with E-state index in [4.69, 9.17) is 16.6 Å². The summed E-state index contributed by atoms with van der Waals surface area (Å²) in [4.78, 5) is 21.7. The average molecular weight is 489 g/mol. The van der Waals surface area contributed by atoms with E-state index in [-0.39, 0.29) is 17.2 Å². The fraction of sp³-hybridized carbons (Fsp3) is 0.333. The Morgan fingerprint density at radius 2 is 1.89 bits per heavy atom. The minimum atomic E-state index is -0.610. The highest BCUT2D eigenvalue weighted by Crippen LogP contribution is 2.59. The van der Waals surface area contributed by atoms with Crippen LogP contribution in [-0.4, -0.2) is 31.9 Å². The molecule has 0 spiro atoms. The lowest BCUT2D eigenvalue weighted by atomic mass is 9.65. The van der Waals surface area contributed by atoms with Gasteiger partial charge in [0.1, 0.15) is 11.0 Å². The lowest BCUT2D eigenvalue weighted by Gasteiger charge is -2.39. The first-order valence-electron chi connectivity index (χ1n) is 11.8. The molecule has 4 aromatic rings.